The predicted octanol–water partition coefficient (Wildman–Crippen LogP) is 1.44. The van der Waals surface area contributed by atoms with Gasteiger partial charge in [0.25, 0.3) is 11.5 Å². The fraction of sp³-hybridized carbons (Fsp3) is 0.250. The average molecular weight is 470 g/mol. The molecule has 0 bridgehead atoms. The quantitative estimate of drug-likeness (QED) is 0.436. The SMILES string of the molecule is C[C@H](NC(=O)c1c(N)nn2c1N=CCC2)c1nc2cccc(C#Cc3cnn(C)c3)c2c(=O)n1C. The van der Waals surface area contributed by atoms with Gasteiger partial charge in [-0.05, 0) is 19.1 Å². The molecule has 11 heteroatoms. The van der Waals surface area contributed by atoms with E-state index in [0.717, 1.165) is 12.0 Å². The first-order valence-corrected chi connectivity index (χ1v) is 11.0. The highest BCUT2D eigenvalue weighted by Crippen LogP contribution is 2.28. The van der Waals surface area contributed by atoms with Gasteiger partial charge in [-0.2, -0.15) is 10.2 Å². The lowest BCUT2D eigenvalue weighted by molar-refractivity contribution is 0.0939. The highest BCUT2D eigenvalue weighted by atomic mass is 16.2. The maximum atomic E-state index is 13.3. The van der Waals surface area contributed by atoms with Crippen LogP contribution >= 0.6 is 0 Å². The van der Waals surface area contributed by atoms with Gasteiger partial charge in [-0.3, -0.25) is 18.8 Å². The molecule has 0 saturated heterocycles. The van der Waals surface area contributed by atoms with Crippen molar-refractivity contribution in [2.75, 3.05) is 5.73 Å². The van der Waals surface area contributed by atoms with Gasteiger partial charge in [-0.1, -0.05) is 17.9 Å². The van der Waals surface area contributed by atoms with E-state index in [1.807, 2.05) is 7.05 Å². The summed E-state index contributed by atoms with van der Waals surface area (Å²) >= 11 is 0. The number of aryl methyl sites for hydroxylation is 2. The molecule has 0 aliphatic carbocycles. The van der Waals surface area contributed by atoms with E-state index in [2.05, 4.69) is 37.3 Å². The van der Waals surface area contributed by atoms with Crippen molar-refractivity contribution in [3.63, 3.8) is 0 Å². The Morgan fingerprint density at radius 1 is 1.26 bits per heavy atom. The van der Waals surface area contributed by atoms with Gasteiger partial charge in [-0.25, -0.2) is 14.7 Å². The van der Waals surface area contributed by atoms with Crippen molar-refractivity contribution in [2.24, 2.45) is 19.1 Å². The molecule has 1 aliphatic heterocycles. The normalized spacial score (nSPS) is 13.2. The molecule has 5 rings (SSSR count). The molecule has 3 aromatic heterocycles. The molecule has 0 spiro atoms. The minimum Gasteiger partial charge on any atom is -0.381 e. The zero-order chi connectivity index (χ0) is 24.7. The molecule has 1 atom stereocenters. The van der Waals surface area contributed by atoms with Gasteiger partial charge in [0.2, 0.25) is 0 Å². The van der Waals surface area contributed by atoms with Crippen molar-refractivity contribution < 1.29 is 4.79 Å². The van der Waals surface area contributed by atoms with Crippen molar-refractivity contribution in [3.05, 3.63) is 63.5 Å². The number of nitrogens with zero attached hydrogens (tertiary/aromatic N) is 7. The average Bonchev–Trinajstić information content (AvgIpc) is 3.41. The number of aromatic nitrogens is 6. The molecule has 35 heavy (non-hydrogen) atoms. The number of amides is 1. The van der Waals surface area contributed by atoms with Crippen LogP contribution in [0.1, 0.15) is 46.7 Å². The second kappa shape index (κ2) is 8.57. The molecule has 1 amide bonds. The molecule has 1 aromatic carbocycles. The summed E-state index contributed by atoms with van der Waals surface area (Å²) in [5.74, 6) is 6.60. The van der Waals surface area contributed by atoms with E-state index in [4.69, 9.17) is 5.73 Å². The number of nitrogen functional groups attached to an aromatic ring is 1. The van der Waals surface area contributed by atoms with Gasteiger partial charge >= 0.3 is 0 Å². The highest BCUT2D eigenvalue weighted by Gasteiger charge is 2.26. The summed E-state index contributed by atoms with van der Waals surface area (Å²) in [5.41, 5.74) is 7.76. The molecule has 0 radical (unpaired) electrons. The molecule has 1 aliphatic rings. The Kier molecular flexibility index (Phi) is 5.41. The molecule has 4 heterocycles. The number of anilines is 1. The first kappa shape index (κ1) is 22.1. The van der Waals surface area contributed by atoms with Gasteiger partial charge in [-0.15, -0.1) is 0 Å². The summed E-state index contributed by atoms with van der Waals surface area (Å²) < 4.78 is 4.71. The predicted molar refractivity (Wildman–Crippen MR) is 131 cm³/mol. The van der Waals surface area contributed by atoms with E-state index in [1.54, 1.807) is 60.1 Å². The van der Waals surface area contributed by atoms with E-state index in [1.165, 1.54) is 4.57 Å². The maximum absolute atomic E-state index is 13.3. The largest absolute Gasteiger partial charge is 0.381 e. The summed E-state index contributed by atoms with van der Waals surface area (Å²) in [6, 6.07) is 4.75. The van der Waals surface area contributed by atoms with Gasteiger partial charge in [0, 0.05) is 45.0 Å². The minimum atomic E-state index is -0.586. The van der Waals surface area contributed by atoms with Gasteiger partial charge in [0.05, 0.1) is 28.7 Å². The van der Waals surface area contributed by atoms with Crippen LogP contribution < -0.4 is 16.6 Å². The second-order valence-corrected chi connectivity index (χ2v) is 8.29. The van der Waals surface area contributed by atoms with Crippen LogP contribution in [0.5, 0.6) is 0 Å². The summed E-state index contributed by atoms with van der Waals surface area (Å²) in [7, 11) is 3.44. The Morgan fingerprint density at radius 3 is 2.86 bits per heavy atom. The Balaban J connectivity index is 1.49. The third-order valence-electron chi connectivity index (χ3n) is 5.78. The molecule has 0 unspecified atom stereocenters. The second-order valence-electron chi connectivity index (χ2n) is 8.29. The van der Waals surface area contributed by atoms with Crippen LogP contribution in [0.2, 0.25) is 0 Å². The molecule has 176 valence electrons. The number of hydrogen-bond donors (Lipinski definition) is 2. The Labute approximate surface area is 200 Å². The first-order chi connectivity index (χ1) is 16.8. The van der Waals surface area contributed by atoms with E-state index >= 15 is 0 Å². The number of carbonyl (C=O) groups excluding carboxylic acids is 1. The minimum absolute atomic E-state index is 0.112. The number of nitrogens with one attached hydrogen (secondary N) is 1. The van der Waals surface area contributed by atoms with Crippen molar-refractivity contribution in [2.45, 2.75) is 25.9 Å². The monoisotopic (exact) mass is 469 g/mol. The third-order valence-corrected chi connectivity index (χ3v) is 5.78. The molecule has 4 aromatic rings. The van der Waals surface area contributed by atoms with E-state index < -0.39 is 11.9 Å². The number of hydrogen-bond acceptors (Lipinski definition) is 7. The maximum Gasteiger partial charge on any atom is 0.262 e. The van der Waals surface area contributed by atoms with Crippen molar-refractivity contribution in [1.82, 2.24) is 34.4 Å². The number of carbonyl (C=O) groups is 1. The van der Waals surface area contributed by atoms with Crippen LogP contribution in [0, 0.1) is 11.8 Å². The summed E-state index contributed by atoms with van der Waals surface area (Å²) in [6.07, 6.45) is 5.92. The lowest BCUT2D eigenvalue weighted by atomic mass is 10.1. The fourth-order valence-corrected chi connectivity index (χ4v) is 4.09. The first-order valence-electron chi connectivity index (χ1n) is 11.0. The fourth-order valence-electron chi connectivity index (χ4n) is 4.09. The highest BCUT2D eigenvalue weighted by molar-refractivity contribution is 6.03. The number of aliphatic imine (C=N–C) groups is 1. The smallest absolute Gasteiger partial charge is 0.262 e. The third kappa shape index (κ3) is 3.95. The number of fused-ring (bicyclic) bond motifs is 2. The van der Waals surface area contributed by atoms with Crippen LogP contribution in [0.15, 0.2) is 40.4 Å². The van der Waals surface area contributed by atoms with E-state index in [9.17, 15) is 9.59 Å². The zero-order valence-corrected chi connectivity index (χ0v) is 19.5. The molecular formula is C24H23N9O2. The standard InChI is InChI=1S/C24H23N9O2/c1-14(28-23(34)19-20(25)30-33-11-5-10-26-22(19)33)21-29-17-7-4-6-16(18(17)24(35)32(21)3)9-8-15-12-27-31(2)13-15/h4,6-7,10,12-14H,5,11H2,1-3H3,(H2,25,30)(H,28,34)/t14-/m0/s1. The molecular weight excluding hydrogens is 446 g/mol. The zero-order valence-electron chi connectivity index (χ0n) is 19.5. The van der Waals surface area contributed by atoms with Crippen molar-refractivity contribution in [1.29, 1.82) is 0 Å². The van der Waals surface area contributed by atoms with E-state index in [0.29, 0.717) is 34.7 Å². The van der Waals surface area contributed by atoms with Gasteiger partial charge in [0.1, 0.15) is 11.4 Å². The van der Waals surface area contributed by atoms with Crippen LogP contribution in [0.4, 0.5) is 11.6 Å². The number of benzene rings is 1. The van der Waals surface area contributed by atoms with Crippen LogP contribution in [0.3, 0.4) is 0 Å². The number of rotatable bonds is 3. The van der Waals surface area contributed by atoms with Crippen LogP contribution in [0.25, 0.3) is 10.9 Å². The van der Waals surface area contributed by atoms with Crippen molar-refractivity contribution in [3.8, 4) is 11.8 Å². The van der Waals surface area contributed by atoms with Crippen LogP contribution in [-0.2, 0) is 20.6 Å². The lowest BCUT2D eigenvalue weighted by Crippen LogP contribution is -2.33. The molecule has 3 N–H and O–H groups in total. The Hall–Kier alpha value is -4.72. The topological polar surface area (TPSA) is 138 Å². The van der Waals surface area contributed by atoms with Gasteiger partial charge in [0.15, 0.2) is 11.6 Å². The summed E-state index contributed by atoms with van der Waals surface area (Å²) in [5, 5.41) is 11.6. The van der Waals surface area contributed by atoms with Crippen molar-refractivity contribution >= 4 is 34.7 Å². The summed E-state index contributed by atoms with van der Waals surface area (Å²) in [6.45, 7) is 2.37. The Morgan fingerprint density at radius 2 is 2.09 bits per heavy atom. The number of nitrogens with two attached hydrogens (primary N) is 1. The lowest BCUT2D eigenvalue weighted by Gasteiger charge is -2.18. The molecule has 0 fully saturated rings. The Bertz CT molecular complexity index is 1630. The van der Waals surface area contributed by atoms with E-state index in [-0.39, 0.29) is 16.9 Å². The van der Waals surface area contributed by atoms with Crippen LogP contribution in [-0.4, -0.2) is 41.2 Å². The summed E-state index contributed by atoms with van der Waals surface area (Å²) in [4.78, 5) is 35.3. The molecule has 0 saturated carbocycles. The van der Waals surface area contributed by atoms with Gasteiger partial charge < -0.3 is 11.1 Å². The molecule has 11 nitrogen and oxygen atoms in total.